The lowest BCUT2D eigenvalue weighted by Crippen LogP contribution is -2.00. The summed E-state index contributed by atoms with van der Waals surface area (Å²) < 4.78 is 16.3. The minimum absolute atomic E-state index is 0.386. The fourth-order valence-electron chi connectivity index (χ4n) is 2.60. The Balaban J connectivity index is 1.60. The Labute approximate surface area is 160 Å². The van der Waals surface area contributed by atoms with Gasteiger partial charge in [0.1, 0.15) is 17.0 Å². The highest BCUT2D eigenvalue weighted by atomic mass is 35.5. The summed E-state index contributed by atoms with van der Waals surface area (Å²) >= 11 is 5.89. The molecule has 3 aromatic carbocycles. The third kappa shape index (κ3) is 3.64. The Bertz CT molecular complexity index is 1100. The third-order valence-corrected chi connectivity index (χ3v) is 4.21. The fourth-order valence-corrected chi connectivity index (χ4v) is 2.73. The van der Waals surface area contributed by atoms with Crippen molar-refractivity contribution in [2.45, 2.75) is 0 Å². The number of carbonyl (C=O) groups is 1. The zero-order chi connectivity index (χ0) is 18.8. The van der Waals surface area contributed by atoms with E-state index in [1.165, 1.54) is 7.11 Å². The Morgan fingerprint density at radius 1 is 0.963 bits per heavy atom. The molecule has 0 amide bonds. The van der Waals surface area contributed by atoms with Crippen molar-refractivity contribution in [3.05, 3.63) is 77.3 Å². The number of rotatable bonds is 4. The molecular formula is C21H14ClNO4. The van der Waals surface area contributed by atoms with Crippen LogP contribution < -0.4 is 4.74 Å². The van der Waals surface area contributed by atoms with Gasteiger partial charge in [-0.05, 0) is 60.7 Å². The highest BCUT2D eigenvalue weighted by Gasteiger charge is 2.11. The zero-order valence-corrected chi connectivity index (χ0v) is 15.1. The number of methoxy groups -OCH3 is 1. The molecule has 0 radical (unpaired) electrons. The molecule has 6 heteroatoms. The molecule has 1 aromatic heterocycles. The first-order chi connectivity index (χ1) is 13.1. The van der Waals surface area contributed by atoms with Crippen LogP contribution in [0.3, 0.4) is 0 Å². The quantitative estimate of drug-likeness (QED) is 0.424. The minimum Gasteiger partial charge on any atom is -0.465 e. The van der Waals surface area contributed by atoms with Crippen LogP contribution in [0.1, 0.15) is 10.4 Å². The molecule has 0 N–H and O–H groups in total. The Morgan fingerprint density at radius 2 is 1.67 bits per heavy atom. The average Bonchev–Trinajstić information content (AvgIpc) is 3.12. The summed E-state index contributed by atoms with van der Waals surface area (Å²) in [6.45, 7) is 0. The minimum atomic E-state index is -0.386. The van der Waals surface area contributed by atoms with Crippen LogP contribution in [0.25, 0.3) is 22.6 Å². The summed E-state index contributed by atoms with van der Waals surface area (Å²) in [6.07, 6.45) is 0. The maximum Gasteiger partial charge on any atom is 0.337 e. The van der Waals surface area contributed by atoms with Gasteiger partial charge in [0.15, 0.2) is 5.58 Å². The number of oxazole rings is 1. The standard InChI is InChI=1S/C21H14ClNO4/c1-25-21(24)14-4-2-13(3-5-14)20-23-18-12-17(10-11-19(18)27-20)26-16-8-6-15(22)7-9-16/h2-12H,1H3. The Morgan fingerprint density at radius 3 is 2.37 bits per heavy atom. The van der Waals surface area contributed by atoms with Crippen molar-refractivity contribution < 1.29 is 18.7 Å². The van der Waals surface area contributed by atoms with E-state index in [1.54, 1.807) is 60.7 Å². The number of nitrogens with zero attached hydrogens (tertiary/aromatic N) is 1. The van der Waals surface area contributed by atoms with E-state index in [-0.39, 0.29) is 5.97 Å². The van der Waals surface area contributed by atoms with Crippen LogP contribution in [0.15, 0.2) is 71.1 Å². The van der Waals surface area contributed by atoms with Crippen molar-refractivity contribution in [1.29, 1.82) is 0 Å². The smallest absolute Gasteiger partial charge is 0.337 e. The SMILES string of the molecule is COC(=O)c1ccc(-c2nc3cc(Oc4ccc(Cl)cc4)ccc3o2)cc1. The first-order valence-electron chi connectivity index (χ1n) is 8.15. The van der Waals surface area contributed by atoms with Gasteiger partial charge >= 0.3 is 5.97 Å². The Kier molecular flexibility index (Phi) is 4.52. The number of hydrogen-bond donors (Lipinski definition) is 0. The second-order valence-electron chi connectivity index (χ2n) is 5.77. The van der Waals surface area contributed by atoms with E-state index in [1.807, 2.05) is 6.07 Å². The van der Waals surface area contributed by atoms with E-state index < -0.39 is 0 Å². The van der Waals surface area contributed by atoms with Gasteiger partial charge in [0.25, 0.3) is 0 Å². The second kappa shape index (κ2) is 7.13. The molecule has 0 atom stereocenters. The van der Waals surface area contributed by atoms with E-state index in [2.05, 4.69) is 4.98 Å². The number of aromatic nitrogens is 1. The number of carbonyl (C=O) groups excluding carboxylic acids is 1. The summed E-state index contributed by atoms with van der Waals surface area (Å²) in [7, 11) is 1.35. The van der Waals surface area contributed by atoms with Crippen LogP contribution in [0, 0.1) is 0 Å². The molecule has 0 aliphatic rings. The summed E-state index contributed by atoms with van der Waals surface area (Å²) in [6, 6.07) is 19.4. The summed E-state index contributed by atoms with van der Waals surface area (Å²) in [4.78, 5) is 16.0. The first kappa shape index (κ1) is 17.1. The van der Waals surface area contributed by atoms with Gasteiger partial charge in [-0.15, -0.1) is 0 Å². The zero-order valence-electron chi connectivity index (χ0n) is 14.3. The van der Waals surface area contributed by atoms with Crippen LogP contribution in [-0.2, 0) is 4.74 Å². The molecule has 0 aliphatic heterocycles. The predicted molar refractivity (Wildman–Crippen MR) is 102 cm³/mol. The molecule has 0 saturated heterocycles. The van der Waals surface area contributed by atoms with Gasteiger partial charge in [0.05, 0.1) is 12.7 Å². The monoisotopic (exact) mass is 379 g/mol. The molecule has 0 fully saturated rings. The predicted octanol–water partition coefficient (Wildman–Crippen LogP) is 5.73. The highest BCUT2D eigenvalue weighted by Crippen LogP contribution is 2.29. The van der Waals surface area contributed by atoms with Crippen LogP contribution in [0.5, 0.6) is 11.5 Å². The number of ether oxygens (including phenoxy) is 2. The van der Waals surface area contributed by atoms with Gasteiger partial charge in [-0.1, -0.05) is 11.6 Å². The normalized spacial score (nSPS) is 10.7. The highest BCUT2D eigenvalue weighted by molar-refractivity contribution is 6.30. The number of benzene rings is 3. The lowest BCUT2D eigenvalue weighted by molar-refractivity contribution is 0.0600. The van der Waals surface area contributed by atoms with E-state index in [9.17, 15) is 4.79 Å². The van der Waals surface area contributed by atoms with Crippen molar-refractivity contribution in [1.82, 2.24) is 4.98 Å². The molecule has 0 spiro atoms. The maximum atomic E-state index is 11.5. The van der Waals surface area contributed by atoms with E-state index in [0.29, 0.717) is 39.1 Å². The van der Waals surface area contributed by atoms with Crippen LogP contribution in [0.2, 0.25) is 5.02 Å². The molecule has 0 unspecified atom stereocenters. The van der Waals surface area contributed by atoms with Crippen molar-refractivity contribution >= 4 is 28.7 Å². The summed E-state index contributed by atoms with van der Waals surface area (Å²) in [5.74, 6) is 1.40. The number of fused-ring (bicyclic) bond motifs is 1. The number of halogens is 1. The maximum absolute atomic E-state index is 11.5. The molecule has 0 saturated carbocycles. The molecule has 1 heterocycles. The summed E-state index contributed by atoms with van der Waals surface area (Å²) in [5, 5.41) is 0.650. The van der Waals surface area contributed by atoms with Crippen molar-refractivity contribution in [3.63, 3.8) is 0 Å². The first-order valence-corrected chi connectivity index (χ1v) is 8.53. The molecule has 4 aromatic rings. The van der Waals surface area contributed by atoms with Gasteiger partial charge in [-0.3, -0.25) is 0 Å². The van der Waals surface area contributed by atoms with Gasteiger partial charge < -0.3 is 13.9 Å². The molecule has 0 bridgehead atoms. The fraction of sp³-hybridized carbons (Fsp3) is 0.0476. The van der Waals surface area contributed by atoms with Crippen molar-refractivity contribution in [2.24, 2.45) is 0 Å². The number of hydrogen-bond acceptors (Lipinski definition) is 5. The Hall–Kier alpha value is -3.31. The van der Waals surface area contributed by atoms with Crippen LogP contribution >= 0.6 is 11.6 Å². The number of esters is 1. The van der Waals surface area contributed by atoms with Gasteiger partial charge in [-0.2, -0.15) is 0 Å². The van der Waals surface area contributed by atoms with Gasteiger partial charge in [0, 0.05) is 16.7 Å². The topological polar surface area (TPSA) is 61.6 Å². The molecule has 134 valence electrons. The largest absolute Gasteiger partial charge is 0.465 e. The molecular weight excluding hydrogens is 366 g/mol. The van der Waals surface area contributed by atoms with E-state index in [4.69, 9.17) is 25.5 Å². The van der Waals surface area contributed by atoms with Crippen molar-refractivity contribution in [2.75, 3.05) is 7.11 Å². The van der Waals surface area contributed by atoms with Crippen LogP contribution in [0.4, 0.5) is 0 Å². The van der Waals surface area contributed by atoms with Crippen LogP contribution in [-0.4, -0.2) is 18.1 Å². The molecule has 0 aliphatic carbocycles. The summed E-state index contributed by atoms with van der Waals surface area (Å²) in [5.41, 5.74) is 2.55. The second-order valence-corrected chi connectivity index (χ2v) is 6.21. The van der Waals surface area contributed by atoms with E-state index in [0.717, 1.165) is 5.56 Å². The molecule has 27 heavy (non-hydrogen) atoms. The molecule has 4 rings (SSSR count). The molecule has 5 nitrogen and oxygen atoms in total. The lowest BCUT2D eigenvalue weighted by atomic mass is 10.1. The van der Waals surface area contributed by atoms with E-state index >= 15 is 0 Å². The van der Waals surface area contributed by atoms with Crippen molar-refractivity contribution in [3.8, 4) is 23.0 Å². The third-order valence-electron chi connectivity index (χ3n) is 3.96. The average molecular weight is 380 g/mol. The lowest BCUT2D eigenvalue weighted by Gasteiger charge is -2.04. The van der Waals surface area contributed by atoms with Gasteiger partial charge in [-0.25, -0.2) is 9.78 Å². The van der Waals surface area contributed by atoms with Gasteiger partial charge in [0.2, 0.25) is 5.89 Å².